The number of hydrogen-bond acceptors (Lipinski definition) is 4. The molecule has 102 valence electrons. The van der Waals surface area contributed by atoms with E-state index in [2.05, 4.69) is 30.9 Å². The van der Waals surface area contributed by atoms with Crippen molar-refractivity contribution in [2.75, 3.05) is 0 Å². The molecule has 3 atom stereocenters. The summed E-state index contributed by atoms with van der Waals surface area (Å²) in [6.07, 6.45) is 5.16. The SMILES string of the molecule is Cn1ncnc1SC1CC(C(C)(C)C)CCC1N. The lowest BCUT2D eigenvalue weighted by molar-refractivity contribution is 0.174. The van der Waals surface area contributed by atoms with E-state index in [1.54, 1.807) is 18.1 Å². The number of rotatable bonds is 2. The van der Waals surface area contributed by atoms with Crippen molar-refractivity contribution < 1.29 is 0 Å². The van der Waals surface area contributed by atoms with Crippen LogP contribution in [0.3, 0.4) is 0 Å². The minimum Gasteiger partial charge on any atom is -0.327 e. The maximum atomic E-state index is 6.27. The highest BCUT2D eigenvalue weighted by Gasteiger charge is 2.35. The van der Waals surface area contributed by atoms with Crippen LogP contribution in [0.4, 0.5) is 0 Å². The fourth-order valence-electron chi connectivity index (χ4n) is 2.60. The van der Waals surface area contributed by atoms with E-state index in [0.717, 1.165) is 17.5 Å². The van der Waals surface area contributed by atoms with Gasteiger partial charge in [-0.05, 0) is 30.6 Å². The van der Waals surface area contributed by atoms with Gasteiger partial charge in [-0.15, -0.1) is 0 Å². The van der Waals surface area contributed by atoms with Crippen molar-refractivity contribution in [1.82, 2.24) is 14.8 Å². The Morgan fingerprint density at radius 1 is 1.39 bits per heavy atom. The minimum atomic E-state index is 0.283. The first-order valence-electron chi connectivity index (χ1n) is 6.64. The second-order valence-corrected chi connectivity index (χ2v) is 7.57. The molecule has 2 N–H and O–H groups in total. The zero-order valence-corrected chi connectivity index (χ0v) is 12.6. The predicted octanol–water partition coefficient (Wildman–Crippen LogP) is 2.45. The molecule has 0 aromatic carbocycles. The van der Waals surface area contributed by atoms with Crippen molar-refractivity contribution >= 4 is 11.8 Å². The summed E-state index contributed by atoms with van der Waals surface area (Å²) >= 11 is 1.79. The van der Waals surface area contributed by atoms with Crippen LogP contribution in [0.25, 0.3) is 0 Å². The van der Waals surface area contributed by atoms with Crippen LogP contribution in [0, 0.1) is 11.3 Å². The lowest BCUT2D eigenvalue weighted by Gasteiger charge is -2.40. The predicted molar refractivity (Wildman–Crippen MR) is 75.4 cm³/mol. The van der Waals surface area contributed by atoms with Gasteiger partial charge >= 0.3 is 0 Å². The second kappa shape index (κ2) is 5.21. The van der Waals surface area contributed by atoms with E-state index in [9.17, 15) is 0 Å². The quantitative estimate of drug-likeness (QED) is 0.895. The van der Waals surface area contributed by atoms with Crippen molar-refractivity contribution in [2.24, 2.45) is 24.1 Å². The smallest absolute Gasteiger partial charge is 0.186 e. The monoisotopic (exact) mass is 268 g/mol. The first kappa shape index (κ1) is 13.9. The van der Waals surface area contributed by atoms with Gasteiger partial charge in [0.25, 0.3) is 0 Å². The fourth-order valence-corrected chi connectivity index (χ4v) is 3.82. The summed E-state index contributed by atoms with van der Waals surface area (Å²) in [5, 5.41) is 5.56. The van der Waals surface area contributed by atoms with Crippen LogP contribution >= 0.6 is 11.8 Å². The van der Waals surface area contributed by atoms with Gasteiger partial charge in [0.15, 0.2) is 5.16 Å². The van der Waals surface area contributed by atoms with E-state index >= 15 is 0 Å². The zero-order chi connectivity index (χ0) is 13.3. The van der Waals surface area contributed by atoms with Gasteiger partial charge in [0.2, 0.25) is 0 Å². The molecule has 0 radical (unpaired) electrons. The zero-order valence-electron chi connectivity index (χ0n) is 11.8. The molecule has 1 saturated carbocycles. The highest BCUT2D eigenvalue weighted by Crippen LogP contribution is 2.42. The Balaban J connectivity index is 2.04. The molecule has 5 heteroatoms. The average Bonchev–Trinajstić information content (AvgIpc) is 2.66. The number of aromatic nitrogens is 3. The molecule has 1 aliphatic rings. The van der Waals surface area contributed by atoms with Gasteiger partial charge < -0.3 is 5.73 Å². The molecule has 1 fully saturated rings. The largest absolute Gasteiger partial charge is 0.327 e. The van der Waals surface area contributed by atoms with Crippen molar-refractivity contribution in [2.45, 2.75) is 56.5 Å². The molecular formula is C13H24N4S. The molecular weight excluding hydrogens is 244 g/mol. The van der Waals surface area contributed by atoms with Gasteiger partial charge in [-0.2, -0.15) is 5.10 Å². The maximum Gasteiger partial charge on any atom is 0.186 e. The number of thioether (sulfide) groups is 1. The second-order valence-electron chi connectivity index (χ2n) is 6.36. The van der Waals surface area contributed by atoms with Crippen LogP contribution in [-0.2, 0) is 7.05 Å². The molecule has 0 aliphatic heterocycles. The topological polar surface area (TPSA) is 56.7 Å². The third kappa shape index (κ3) is 3.06. The molecule has 1 aromatic heterocycles. The summed E-state index contributed by atoms with van der Waals surface area (Å²) in [7, 11) is 1.94. The molecule has 0 bridgehead atoms. The molecule has 0 amide bonds. The van der Waals surface area contributed by atoms with Crippen LogP contribution in [-0.4, -0.2) is 26.1 Å². The summed E-state index contributed by atoms with van der Waals surface area (Å²) in [4.78, 5) is 4.29. The van der Waals surface area contributed by atoms with Crippen LogP contribution in [0.1, 0.15) is 40.0 Å². The Kier molecular flexibility index (Phi) is 4.02. The molecule has 3 unspecified atom stereocenters. The Labute approximate surface area is 114 Å². The molecule has 0 saturated heterocycles. The Hall–Kier alpha value is -0.550. The van der Waals surface area contributed by atoms with Crippen LogP contribution in [0.2, 0.25) is 0 Å². The first-order valence-corrected chi connectivity index (χ1v) is 7.52. The van der Waals surface area contributed by atoms with Gasteiger partial charge in [-0.25, -0.2) is 9.67 Å². The van der Waals surface area contributed by atoms with Crippen molar-refractivity contribution in [3.63, 3.8) is 0 Å². The van der Waals surface area contributed by atoms with Crippen molar-refractivity contribution in [3.05, 3.63) is 6.33 Å². The van der Waals surface area contributed by atoms with Gasteiger partial charge in [-0.1, -0.05) is 32.5 Å². The Morgan fingerprint density at radius 3 is 2.67 bits per heavy atom. The standard InChI is InChI=1S/C13H24N4S/c1-13(2,3)9-5-6-10(14)11(7-9)18-12-15-8-16-17(12)4/h8-11H,5-7,14H2,1-4H3. The molecule has 1 aromatic rings. The Morgan fingerprint density at radius 2 is 2.11 bits per heavy atom. The van der Waals surface area contributed by atoms with E-state index in [-0.39, 0.29) is 6.04 Å². The number of hydrogen-bond donors (Lipinski definition) is 1. The van der Waals surface area contributed by atoms with Gasteiger partial charge in [0.1, 0.15) is 6.33 Å². The molecule has 18 heavy (non-hydrogen) atoms. The van der Waals surface area contributed by atoms with Gasteiger partial charge in [0, 0.05) is 18.3 Å². The molecule has 1 heterocycles. The van der Waals surface area contributed by atoms with E-state index in [1.807, 2.05) is 11.7 Å². The summed E-state index contributed by atoms with van der Waals surface area (Å²) in [5.74, 6) is 0.753. The third-order valence-corrected chi connectivity index (χ3v) is 5.42. The number of nitrogens with zero attached hydrogens (tertiary/aromatic N) is 3. The summed E-state index contributed by atoms with van der Waals surface area (Å²) in [6, 6.07) is 0.283. The maximum absolute atomic E-state index is 6.27. The van der Waals surface area contributed by atoms with Crippen LogP contribution in [0.5, 0.6) is 0 Å². The van der Waals surface area contributed by atoms with E-state index in [4.69, 9.17) is 5.73 Å². The normalized spacial score (nSPS) is 29.5. The highest BCUT2D eigenvalue weighted by atomic mass is 32.2. The highest BCUT2D eigenvalue weighted by molar-refractivity contribution is 7.99. The molecule has 1 aliphatic carbocycles. The van der Waals surface area contributed by atoms with Gasteiger partial charge in [0.05, 0.1) is 0 Å². The summed E-state index contributed by atoms with van der Waals surface area (Å²) in [6.45, 7) is 7.00. The molecule has 0 spiro atoms. The van der Waals surface area contributed by atoms with Crippen molar-refractivity contribution in [1.29, 1.82) is 0 Å². The average molecular weight is 268 g/mol. The summed E-state index contributed by atoms with van der Waals surface area (Å²) < 4.78 is 1.83. The van der Waals surface area contributed by atoms with Crippen molar-refractivity contribution in [3.8, 4) is 0 Å². The molecule has 4 nitrogen and oxygen atoms in total. The van der Waals surface area contributed by atoms with E-state index < -0.39 is 0 Å². The van der Waals surface area contributed by atoms with E-state index in [1.165, 1.54) is 12.8 Å². The van der Waals surface area contributed by atoms with Gasteiger partial charge in [-0.3, -0.25) is 0 Å². The first-order chi connectivity index (χ1) is 8.38. The number of aryl methyl sites for hydroxylation is 1. The fraction of sp³-hybridized carbons (Fsp3) is 0.846. The minimum absolute atomic E-state index is 0.283. The Bertz CT molecular complexity index is 396. The van der Waals surface area contributed by atoms with Crippen LogP contribution in [0.15, 0.2) is 11.5 Å². The lowest BCUT2D eigenvalue weighted by Crippen LogP contribution is -2.41. The lowest BCUT2D eigenvalue weighted by atomic mass is 9.71. The summed E-state index contributed by atoms with van der Waals surface area (Å²) in [5.41, 5.74) is 6.65. The third-order valence-electron chi connectivity index (χ3n) is 3.99. The van der Waals surface area contributed by atoms with Crippen LogP contribution < -0.4 is 5.73 Å². The number of nitrogens with two attached hydrogens (primary N) is 1. The molecule has 2 rings (SSSR count). The van der Waals surface area contributed by atoms with E-state index in [0.29, 0.717) is 10.7 Å².